The summed E-state index contributed by atoms with van der Waals surface area (Å²) in [5.41, 5.74) is 24.0. The summed E-state index contributed by atoms with van der Waals surface area (Å²) in [6.07, 6.45) is 0. The standard InChI is InChI=1S/C67H44N2/c1-3-18-45(19-4-1)47-36-40-50(41-37-47)68(64-35-17-29-57-56-26-9-13-32-61(56)67(66(57)64)59-30-11-7-24-54(59)55-25-8-12-31-60(55)67)51-42-38-48(39-43-51)53-28-16-34-63-65(53)58-27-10-14-33-62(58)69(63)52-23-15-22-49(44-52)46-20-5-2-6-21-46/h1-44H. The minimum atomic E-state index is -0.512. The number of hydrogen-bond donors (Lipinski definition) is 0. The predicted octanol–water partition coefficient (Wildman–Crippen LogP) is 17.6. The van der Waals surface area contributed by atoms with Crippen LogP contribution in [-0.4, -0.2) is 4.57 Å². The van der Waals surface area contributed by atoms with Gasteiger partial charge in [-0.25, -0.2) is 0 Å². The number of aromatic nitrogens is 1. The van der Waals surface area contributed by atoms with Crippen molar-refractivity contribution in [2.75, 3.05) is 4.90 Å². The molecule has 0 saturated carbocycles. The highest BCUT2D eigenvalue weighted by Gasteiger charge is 2.53. The van der Waals surface area contributed by atoms with Crippen LogP contribution < -0.4 is 4.90 Å². The Bertz CT molecular complexity index is 3870. The number of hydrogen-bond acceptors (Lipinski definition) is 1. The SMILES string of the molecule is c1ccc(-c2ccc(N(c3ccc(-c4cccc5c4c4ccccc4n5-c4cccc(-c5ccccc5)c4)cc3)c3cccc4c3C3(c5ccccc5-c5ccccc53)c3ccccc3-4)cc2)cc1. The second kappa shape index (κ2) is 15.6. The highest BCUT2D eigenvalue weighted by Crippen LogP contribution is 2.65. The van der Waals surface area contributed by atoms with Crippen LogP contribution in [-0.2, 0) is 5.41 Å². The fourth-order valence-corrected chi connectivity index (χ4v) is 12.0. The molecule has 322 valence electrons. The van der Waals surface area contributed by atoms with E-state index in [1.54, 1.807) is 0 Å². The van der Waals surface area contributed by atoms with Crippen molar-refractivity contribution >= 4 is 38.9 Å². The molecule has 0 radical (unpaired) electrons. The highest BCUT2D eigenvalue weighted by atomic mass is 15.1. The van der Waals surface area contributed by atoms with Crippen LogP contribution in [0.5, 0.6) is 0 Å². The second-order valence-electron chi connectivity index (χ2n) is 18.4. The van der Waals surface area contributed by atoms with Crippen LogP contribution in [0.4, 0.5) is 17.1 Å². The topological polar surface area (TPSA) is 8.17 Å². The van der Waals surface area contributed by atoms with Crippen molar-refractivity contribution in [3.8, 4) is 61.3 Å². The zero-order valence-corrected chi connectivity index (χ0v) is 37.8. The molecule has 0 bridgehead atoms. The van der Waals surface area contributed by atoms with Gasteiger partial charge in [0.25, 0.3) is 0 Å². The van der Waals surface area contributed by atoms with Crippen LogP contribution in [0.25, 0.3) is 83.1 Å². The van der Waals surface area contributed by atoms with E-state index in [-0.39, 0.29) is 0 Å². The zero-order chi connectivity index (χ0) is 45.5. The maximum Gasteiger partial charge on any atom is 0.0746 e. The molecule has 0 unspecified atom stereocenters. The van der Waals surface area contributed by atoms with E-state index >= 15 is 0 Å². The van der Waals surface area contributed by atoms with Crippen molar-refractivity contribution in [3.05, 3.63) is 289 Å². The van der Waals surface area contributed by atoms with Gasteiger partial charge in [0.15, 0.2) is 0 Å². The molecule has 2 heteroatoms. The van der Waals surface area contributed by atoms with Gasteiger partial charge in [0.2, 0.25) is 0 Å². The van der Waals surface area contributed by atoms with Crippen LogP contribution >= 0.6 is 0 Å². The molecule has 69 heavy (non-hydrogen) atoms. The quantitative estimate of drug-likeness (QED) is 0.155. The van der Waals surface area contributed by atoms with E-state index in [0.29, 0.717) is 0 Å². The molecule has 0 saturated heterocycles. The predicted molar refractivity (Wildman–Crippen MR) is 288 cm³/mol. The third-order valence-corrected chi connectivity index (χ3v) is 14.8. The molecule has 0 N–H and O–H groups in total. The third kappa shape index (κ3) is 5.86. The van der Waals surface area contributed by atoms with Crippen molar-refractivity contribution in [2.45, 2.75) is 5.41 Å². The van der Waals surface area contributed by atoms with E-state index in [0.717, 1.165) is 17.1 Å². The molecule has 1 spiro atoms. The molecule has 2 nitrogen and oxygen atoms in total. The maximum absolute atomic E-state index is 2.50. The molecule has 0 fully saturated rings. The third-order valence-electron chi connectivity index (χ3n) is 14.8. The minimum Gasteiger partial charge on any atom is -0.310 e. The van der Waals surface area contributed by atoms with Gasteiger partial charge in [0.1, 0.15) is 0 Å². The molecular formula is C67H44N2. The Hall–Kier alpha value is -8.98. The van der Waals surface area contributed by atoms with Crippen LogP contribution in [0.2, 0.25) is 0 Å². The van der Waals surface area contributed by atoms with Gasteiger partial charge in [-0.2, -0.15) is 0 Å². The Labute approximate surface area is 402 Å². The number of rotatable bonds is 7. The number of benzene rings is 11. The molecular weight excluding hydrogens is 833 g/mol. The van der Waals surface area contributed by atoms with Gasteiger partial charge in [-0.1, -0.05) is 212 Å². The van der Waals surface area contributed by atoms with Crippen LogP contribution in [0.1, 0.15) is 22.3 Å². The van der Waals surface area contributed by atoms with Gasteiger partial charge >= 0.3 is 0 Å². The summed E-state index contributed by atoms with van der Waals surface area (Å²) in [6.45, 7) is 0. The molecule has 2 aliphatic carbocycles. The van der Waals surface area contributed by atoms with Gasteiger partial charge in [-0.15, -0.1) is 0 Å². The highest BCUT2D eigenvalue weighted by molar-refractivity contribution is 6.16. The number of para-hydroxylation sites is 1. The lowest BCUT2D eigenvalue weighted by Crippen LogP contribution is -2.28. The molecule has 1 heterocycles. The lowest BCUT2D eigenvalue weighted by Gasteiger charge is -2.36. The Kier molecular flexibility index (Phi) is 8.84. The van der Waals surface area contributed by atoms with Crippen molar-refractivity contribution < 1.29 is 0 Å². The lowest BCUT2D eigenvalue weighted by atomic mass is 9.70. The molecule has 2 aliphatic rings. The molecule has 0 atom stereocenters. The summed E-state index contributed by atoms with van der Waals surface area (Å²) >= 11 is 0. The normalized spacial score (nSPS) is 12.8. The summed E-state index contributed by atoms with van der Waals surface area (Å²) in [5, 5.41) is 2.48. The fraction of sp³-hybridized carbons (Fsp3) is 0.0149. The van der Waals surface area contributed by atoms with Crippen molar-refractivity contribution in [3.63, 3.8) is 0 Å². The zero-order valence-electron chi connectivity index (χ0n) is 37.8. The lowest BCUT2D eigenvalue weighted by molar-refractivity contribution is 0.793. The van der Waals surface area contributed by atoms with Crippen LogP contribution in [0, 0.1) is 0 Å². The van der Waals surface area contributed by atoms with Crippen LogP contribution in [0.3, 0.4) is 0 Å². The average Bonchev–Trinajstić information content (AvgIpc) is 4.04. The Morgan fingerprint density at radius 1 is 0.304 bits per heavy atom. The largest absolute Gasteiger partial charge is 0.310 e. The maximum atomic E-state index is 2.50. The number of anilines is 3. The number of nitrogens with zero attached hydrogens (tertiary/aromatic N) is 2. The van der Waals surface area contributed by atoms with E-state index in [2.05, 4.69) is 276 Å². The van der Waals surface area contributed by atoms with Crippen molar-refractivity contribution in [1.82, 2.24) is 4.57 Å². The average molecular weight is 877 g/mol. The molecule has 11 aromatic carbocycles. The Balaban J connectivity index is 0.962. The summed E-state index contributed by atoms with van der Waals surface area (Å²) in [6, 6.07) is 98.5. The van der Waals surface area contributed by atoms with Crippen LogP contribution in [0.15, 0.2) is 267 Å². The van der Waals surface area contributed by atoms with Gasteiger partial charge in [0.05, 0.1) is 22.1 Å². The van der Waals surface area contributed by atoms with Crippen molar-refractivity contribution in [2.24, 2.45) is 0 Å². The van der Waals surface area contributed by atoms with E-state index in [4.69, 9.17) is 0 Å². The number of fused-ring (bicyclic) bond motifs is 13. The molecule has 12 aromatic rings. The molecule has 0 aliphatic heterocycles. The van der Waals surface area contributed by atoms with Gasteiger partial charge < -0.3 is 9.47 Å². The first-order chi connectivity index (χ1) is 34.3. The molecule has 1 aromatic heterocycles. The summed E-state index contributed by atoms with van der Waals surface area (Å²) in [7, 11) is 0. The first-order valence-corrected chi connectivity index (χ1v) is 23.9. The summed E-state index contributed by atoms with van der Waals surface area (Å²) < 4.78 is 2.43. The Morgan fingerprint density at radius 2 is 0.754 bits per heavy atom. The van der Waals surface area contributed by atoms with E-state index in [9.17, 15) is 0 Å². The molecule has 0 amide bonds. The summed E-state index contributed by atoms with van der Waals surface area (Å²) in [4.78, 5) is 2.50. The molecule has 14 rings (SSSR count). The van der Waals surface area contributed by atoms with Crippen molar-refractivity contribution in [1.29, 1.82) is 0 Å². The first kappa shape index (κ1) is 39.2. The van der Waals surface area contributed by atoms with E-state index in [1.165, 1.54) is 105 Å². The minimum absolute atomic E-state index is 0.512. The first-order valence-electron chi connectivity index (χ1n) is 23.9. The summed E-state index contributed by atoms with van der Waals surface area (Å²) in [5.74, 6) is 0. The fourth-order valence-electron chi connectivity index (χ4n) is 12.0. The smallest absolute Gasteiger partial charge is 0.0746 e. The monoisotopic (exact) mass is 876 g/mol. The second-order valence-corrected chi connectivity index (χ2v) is 18.4. The van der Waals surface area contributed by atoms with Gasteiger partial charge in [-0.3, -0.25) is 0 Å². The van der Waals surface area contributed by atoms with Gasteiger partial charge in [-0.05, 0) is 127 Å². The van der Waals surface area contributed by atoms with E-state index in [1.807, 2.05) is 0 Å². The Morgan fingerprint density at radius 3 is 1.41 bits per heavy atom. The van der Waals surface area contributed by atoms with E-state index < -0.39 is 5.41 Å². The van der Waals surface area contributed by atoms with Gasteiger partial charge in [0, 0.05) is 33.4 Å².